The molecule has 0 bridgehead atoms. The molecule has 0 aliphatic carbocycles. The SMILES string of the molecule is COc1ccc2oc(-c3ccccc3)c(-c3ccc(=O)n(C(C)C)n3)c2c1. The minimum absolute atomic E-state index is 0.0367. The van der Waals surface area contributed by atoms with Crippen molar-refractivity contribution in [1.82, 2.24) is 9.78 Å². The number of benzene rings is 2. The second-order valence-electron chi connectivity index (χ2n) is 6.63. The molecule has 27 heavy (non-hydrogen) atoms. The third-order valence-electron chi connectivity index (χ3n) is 4.50. The van der Waals surface area contributed by atoms with Gasteiger partial charge in [-0.3, -0.25) is 4.79 Å². The zero-order valence-corrected chi connectivity index (χ0v) is 15.5. The molecule has 0 aliphatic heterocycles. The Kier molecular flexibility index (Phi) is 4.28. The first-order valence-corrected chi connectivity index (χ1v) is 8.84. The molecule has 0 N–H and O–H groups in total. The van der Waals surface area contributed by atoms with Crippen LogP contribution < -0.4 is 10.3 Å². The molecule has 0 spiro atoms. The van der Waals surface area contributed by atoms with Gasteiger partial charge in [0.15, 0.2) is 0 Å². The second kappa shape index (κ2) is 6.76. The Hall–Kier alpha value is -3.34. The number of hydrogen-bond donors (Lipinski definition) is 0. The first kappa shape index (κ1) is 17.1. The summed E-state index contributed by atoms with van der Waals surface area (Å²) in [5, 5.41) is 5.51. The fourth-order valence-corrected chi connectivity index (χ4v) is 3.18. The van der Waals surface area contributed by atoms with E-state index in [1.54, 1.807) is 19.2 Å². The van der Waals surface area contributed by atoms with Gasteiger partial charge in [0.05, 0.1) is 24.4 Å². The number of nitrogens with zero attached hydrogens (tertiary/aromatic N) is 2. The van der Waals surface area contributed by atoms with Gasteiger partial charge in [-0.05, 0) is 38.1 Å². The summed E-state index contributed by atoms with van der Waals surface area (Å²) in [5.74, 6) is 1.46. The minimum Gasteiger partial charge on any atom is -0.497 e. The average molecular weight is 360 g/mol. The van der Waals surface area contributed by atoms with Gasteiger partial charge in [0.1, 0.15) is 17.1 Å². The van der Waals surface area contributed by atoms with E-state index >= 15 is 0 Å². The van der Waals surface area contributed by atoms with Crippen molar-refractivity contribution in [2.24, 2.45) is 0 Å². The highest BCUT2D eigenvalue weighted by molar-refractivity contribution is 6.01. The highest BCUT2D eigenvalue weighted by atomic mass is 16.5. The highest BCUT2D eigenvalue weighted by Gasteiger charge is 2.20. The molecule has 0 atom stereocenters. The number of rotatable bonds is 4. The highest BCUT2D eigenvalue weighted by Crippen LogP contribution is 2.41. The molecule has 2 aromatic heterocycles. The van der Waals surface area contributed by atoms with E-state index < -0.39 is 0 Å². The smallest absolute Gasteiger partial charge is 0.267 e. The van der Waals surface area contributed by atoms with Crippen LogP contribution in [0.3, 0.4) is 0 Å². The Morgan fingerprint density at radius 3 is 2.52 bits per heavy atom. The quantitative estimate of drug-likeness (QED) is 0.519. The normalized spacial score (nSPS) is 11.3. The van der Waals surface area contributed by atoms with E-state index in [9.17, 15) is 4.79 Å². The Morgan fingerprint density at radius 2 is 1.81 bits per heavy atom. The maximum Gasteiger partial charge on any atom is 0.267 e. The number of methoxy groups -OCH3 is 1. The van der Waals surface area contributed by atoms with E-state index in [0.717, 1.165) is 33.6 Å². The van der Waals surface area contributed by atoms with Gasteiger partial charge in [-0.1, -0.05) is 30.3 Å². The van der Waals surface area contributed by atoms with Crippen molar-refractivity contribution < 1.29 is 9.15 Å². The molecule has 136 valence electrons. The molecule has 5 nitrogen and oxygen atoms in total. The van der Waals surface area contributed by atoms with Crippen LogP contribution in [-0.2, 0) is 0 Å². The van der Waals surface area contributed by atoms with Gasteiger partial charge in [-0.15, -0.1) is 0 Å². The van der Waals surface area contributed by atoms with E-state index in [1.165, 1.54) is 4.68 Å². The van der Waals surface area contributed by atoms with Gasteiger partial charge in [-0.25, -0.2) is 4.68 Å². The van der Waals surface area contributed by atoms with Gasteiger partial charge < -0.3 is 9.15 Å². The zero-order valence-electron chi connectivity index (χ0n) is 15.5. The topological polar surface area (TPSA) is 57.3 Å². The van der Waals surface area contributed by atoms with Gasteiger partial charge in [0.2, 0.25) is 0 Å². The summed E-state index contributed by atoms with van der Waals surface area (Å²) >= 11 is 0. The lowest BCUT2D eigenvalue weighted by Gasteiger charge is -2.10. The third kappa shape index (κ3) is 3.01. The minimum atomic E-state index is -0.125. The number of hydrogen-bond acceptors (Lipinski definition) is 4. The molecule has 0 radical (unpaired) electrons. The Morgan fingerprint density at radius 1 is 1.04 bits per heavy atom. The predicted molar refractivity (Wildman–Crippen MR) is 106 cm³/mol. The van der Waals surface area contributed by atoms with Crippen LogP contribution in [0.5, 0.6) is 5.75 Å². The van der Waals surface area contributed by atoms with Gasteiger partial charge in [0.25, 0.3) is 5.56 Å². The number of ether oxygens (including phenoxy) is 1. The van der Waals surface area contributed by atoms with E-state index in [4.69, 9.17) is 9.15 Å². The van der Waals surface area contributed by atoms with Crippen LogP contribution in [0.15, 0.2) is 69.9 Å². The number of aromatic nitrogens is 2. The fraction of sp³-hybridized carbons (Fsp3) is 0.182. The monoisotopic (exact) mass is 360 g/mol. The van der Waals surface area contributed by atoms with Crippen LogP contribution in [0.1, 0.15) is 19.9 Å². The van der Waals surface area contributed by atoms with Gasteiger partial charge in [0, 0.05) is 17.0 Å². The molecule has 5 heteroatoms. The summed E-state index contributed by atoms with van der Waals surface area (Å²) in [6.45, 7) is 3.87. The third-order valence-corrected chi connectivity index (χ3v) is 4.50. The maximum absolute atomic E-state index is 12.2. The van der Waals surface area contributed by atoms with Crippen molar-refractivity contribution in [3.8, 4) is 28.3 Å². The number of fused-ring (bicyclic) bond motifs is 1. The van der Waals surface area contributed by atoms with Crippen molar-refractivity contribution in [2.45, 2.75) is 19.9 Å². The summed E-state index contributed by atoms with van der Waals surface area (Å²) in [6.07, 6.45) is 0. The molecule has 0 fully saturated rings. The molecule has 0 saturated heterocycles. The number of furan rings is 1. The van der Waals surface area contributed by atoms with Gasteiger partial charge in [-0.2, -0.15) is 5.10 Å². The predicted octanol–water partition coefficient (Wildman–Crippen LogP) is 4.91. The van der Waals surface area contributed by atoms with Crippen molar-refractivity contribution in [2.75, 3.05) is 7.11 Å². The summed E-state index contributed by atoms with van der Waals surface area (Å²) in [6, 6.07) is 18.9. The summed E-state index contributed by atoms with van der Waals surface area (Å²) < 4.78 is 13.1. The molecular weight excluding hydrogens is 340 g/mol. The fourth-order valence-electron chi connectivity index (χ4n) is 3.18. The van der Waals surface area contributed by atoms with Crippen LogP contribution in [0.2, 0.25) is 0 Å². The Balaban J connectivity index is 2.05. The molecule has 4 rings (SSSR count). The maximum atomic E-state index is 12.2. The molecule has 0 aliphatic rings. The van der Waals surface area contributed by atoms with Crippen molar-refractivity contribution in [1.29, 1.82) is 0 Å². The van der Waals surface area contributed by atoms with Crippen molar-refractivity contribution in [3.63, 3.8) is 0 Å². The van der Waals surface area contributed by atoms with E-state index in [-0.39, 0.29) is 11.6 Å². The lowest BCUT2D eigenvalue weighted by molar-refractivity contribution is 0.415. The standard InChI is InChI=1S/C22H20N2O3/c1-14(2)24-20(25)12-10-18(23-24)21-17-13-16(26-3)9-11-19(17)27-22(21)15-7-5-4-6-8-15/h4-14H,1-3H3. The van der Waals surface area contributed by atoms with E-state index in [0.29, 0.717) is 5.69 Å². The molecular formula is C22H20N2O3. The summed E-state index contributed by atoms with van der Waals surface area (Å²) in [4.78, 5) is 12.2. The molecule has 2 aromatic carbocycles. The molecule has 0 unspecified atom stereocenters. The van der Waals surface area contributed by atoms with Crippen LogP contribution in [0.4, 0.5) is 0 Å². The van der Waals surface area contributed by atoms with Crippen molar-refractivity contribution in [3.05, 3.63) is 71.0 Å². The Bertz CT molecular complexity index is 1160. The largest absolute Gasteiger partial charge is 0.497 e. The molecule has 4 aromatic rings. The zero-order chi connectivity index (χ0) is 19.0. The first-order chi connectivity index (χ1) is 13.1. The first-order valence-electron chi connectivity index (χ1n) is 8.84. The van der Waals surface area contributed by atoms with E-state index in [1.807, 2.05) is 62.4 Å². The molecule has 0 amide bonds. The van der Waals surface area contributed by atoms with Crippen LogP contribution in [-0.4, -0.2) is 16.9 Å². The van der Waals surface area contributed by atoms with E-state index in [2.05, 4.69) is 5.10 Å². The molecule has 0 saturated carbocycles. The summed E-state index contributed by atoms with van der Waals surface area (Å²) in [5.41, 5.74) is 3.11. The Labute approximate surface area is 156 Å². The van der Waals surface area contributed by atoms with Crippen LogP contribution >= 0.6 is 0 Å². The molecule has 2 heterocycles. The van der Waals surface area contributed by atoms with Crippen LogP contribution in [0.25, 0.3) is 33.6 Å². The summed E-state index contributed by atoms with van der Waals surface area (Å²) in [7, 11) is 1.64. The van der Waals surface area contributed by atoms with Crippen LogP contribution in [0, 0.1) is 0 Å². The lowest BCUT2D eigenvalue weighted by atomic mass is 10.0. The lowest BCUT2D eigenvalue weighted by Crippen LogP contribution is -2.23. The second-order valence-corrected chi connectivity index (χ2v) is 6.63. The average Bonchev–Trinajstić information content (AvgIpc) is 3.07. The van der Waals surface area contributed by atoms with Gasteiger partial charge >= 0.3 is 0 Å². The van der Waals surface area contributed by atoms with Crippen molar-refractivity contribution >= 4 is 11.0 Å².